The second kappa shape index (κ2) is 8.69. The first kappa shape index (κ1) is 23.6. The monoisotopic (exact) mass is 461 g/mol. The minimum absolute atomic E-state index is 0.0216. The highest BCUT2D eigenvalue weighted by Crippen LogP contribution is 2.34. The van der Waals surface area contributed by atoms with Crippen molar-refractivity contribution in [3.05, 3.63) is 34.4 Å². The Labute approximate surface area is 193 Å². The van der Waals surface area contributed by atoms with Crippen LogP contribution in [0, 0.1) is 18.8 Å². The van der Waals surface area contributed by atoms with Gasteiger partial charge in [0.2, 0.25) is 17.7 Å². The molecule has 0 aliphatic carbocycles. The van der Waals surface area contributed by atoms with Crippen LogP contribution in [0.3, 0.4) is 0 Å². The zero-order valence-corrected chi connectivity index (χ0v) is 19.8. The molecule has 2 saturated heterocycles. The Morgan fingerprint density at radius 2 is 1.97 bits per heavy atom. The number of likely N-dealkylation sites (tertiary alicyclic amines) is 1. The first-order chi connectivity index (χ1) is 15.4. The summed E-state index contributed by atoms with van der Waals surface area (Å²) in [5.41, 5.74) is 4.82. The number of nitrogens with one attached hydrogen (secondary N) is 1. The molecule has 0 saturated carbocycles. The Balaban J connectivity index is 1.38. The van der Waals surface area contributed by atoms with Crippen molar-refractivity contribution >= 4 is 17.7 Å². The van der Waals surface area contributed by atoms with Crippen molar-refractivity contribution in [2.45, 2.75) is 84.5 Å². The predicted molar refractivity (Wildman–Crippen MR) is 119 cm³/mol. The van der Waals surface area contributed by atoms with Crippen LogP contribution in [0.5, 0.6) is 0 Å². The van der Waals surface area contributed by atoms with Crippen LogP contribution in [0.4, 0.5) is 8.78 Å². The minimum Gasteiger partial charge on any atom is -0.344 e. The van der Waals surface area contributed by atoms with Crippen molar-refractivity contribution in [2.75, 3.05) is 6.54 Å². The fraction of sp³-hybridized carbons (Fsp3) is 0.640. The van der Waals surface area contributed by atoms with E-state index < -0.39 is 36.4 Å². The molecular weight excluding hydrogens is 428 g/mol. The van der Waals surface area contributed by atoms with Gasteiger partial charge in [0, 0.05) is 37.9 Å². The van der Waals surface area contributed by atoms with Crippen LogP contribution in [0.15, 0.2) is 12.1 Å². The van der Waals surface area contributed by atoms with E-state index in [0.717, 1.165) is 16.9 Å². The first-order valence-electron chi connectivity index (χ1n) is 11.8. The zero-order chi connectivity index (χ0) is 24.1. The molecular formula is C25H33F2N3O3. The van der Waals surface area contributed by atoms with E-state index in [0.29, 0.717) is 19.0 Å². The van der Waals surface area contributed by atoms with Crippen LogP contribution in [-0.2, 0) is 33.9 Å². The lowest BCUT2D eigenvalue weighted by molar-refractivity contribution is -0.136. The molecule has 3 amide bonds. The summed E-state index contributed by atoms with van der Waals surface area (Å²) in [6, 6.07) is 2.89. The van der Waals surface area contributed by atoms with E-state index in [2.05, 4.69) is 38.2 Å². The third-order valence-corrected chi connectivity index (χ3v) is 7.01. The number of amides is 3. The highest BCUT2D eigenvalue weighted by atomic mass is 19.3. The van der Waals surface area contributed by atoms with E-state index in [1.165, 1.54) is 16.7 Å². The van der Waals surface area contributed by atoms with Crippen molar-refractivity contribution in [3.8, 4) is 0 Å². The van der Waals surface area contributed by atoms with E-state index >= 15 is 0 Å². The molecule has 8 heteroatoms. The number of fused-ring (bicyclic) bond motifs is 1. The van der Waals surface area contributed by atoms with Crippen molar-refractivity contribution in [1.82, 2.24) is 15.1 Å². The van der Waals surface area contributed by atoms with Crippen LogP contribution in [0.25, 0.3) is 0 Å². The SMILES string of the molecule is Cc1cc(CC(C)C)c2c(c1)CN(C(=O)C[C@@H]1C[C@@H](C(=O)N3CC(F)(F)C[C@H]3C)NC1=O)C2. The average Bonchev–Trinajstić information content (AvgIpc) is 3.36. The van der Waals surface area contributed by atoms with Crippen LogP contribution in [0.2, 0.25) is 0 Å². The van der Waals surface area contributed by atoms with Gasteiger partial charge in [-0.25, -0.2) is 8.78 Å². The van der Waals surface area contributed by atoms with Gasteiger partial charge in [0.1, 0.15) is 6.04 Å². The highest BCUT2D eigenvalue weighted by Gasteiger charge is 2.48. The molecule has 1 aromatic rings. The van der Waals surface area contributed by atoms with Gasteiger partial charge in [-0.2, -0.15) is 0 Å². The Hall–Kier alpha value is -2.51. The molecule has 3 atom stereocenters. The summed E-state index contributed by atoms with van der Waals surface area (Å²) in [5, 5.41) is 2.63. The van der Waals surface area contributed by atoms with E-state index in [9.17, 15) is 23.2 Å². The zero-order valence-electron chi connectivity index (χ0n) is 19.8. The fourth-order valence-corrected chi connectivity index (χ4v) is 5.49. The molecule has 0 unspecified atom stereocenters. The maximum atomic E-state index is 13.7. The highest BCUT2D eigenvalue weighted by molar-refractivity contribution is 5.94. The largest absolute Gasteiger partial charge is 0.344 e. The first-order valence-corrected chi connectivity index (χ1v) is 11.8. The molecule has 33 heavy (non-hydrogen) atoms. The van der Waals surface area contributed by atoms with Gasteiger partial charge in [0.25, 0.3) is 5.92 Å². The van der Waals surface area contributed by atoms with Gasteiger partial charge in [-0.05, 0) is 49.3 Å². The summed E-state index contributed by atoms with van der Waals surface area (Å²) < 4.78 is 27.4. The number of carbonyl (C=O) groups excluding carboxylic acids is 3. The molecule has 1 N–H and O–H groups in total. The van der Waals surface area contributed by atoms with Crippen LogP contribution in [-0.4, -0.2) is 52.1 Å². The number of hydrogen-bond donors (Lipinski definition) is 1. The maximum Gasteiger partial charge on any atom is 0.267 e. The number of carbonyl (C=O) groups is 3. The third kappa shape index (κ3) is 4.89. The Kier molecular flexibility index (Phi) is 6.22. The molecule has 0 spiro atoms. The van der Waals surface area contributed by atoms with Gasteiger partial charge < -0.3 is 15.1 Å². The lowest BCUT2D eigenvalue weighted by Gasteiger charge is -2.24. The van der Waals surface area contributed by atoms with Gasteiger partial charge in [-0.1, -0.05) is 31.5 Å². The molecule has 0 radical (unpaired) electrons. The Morgan fingerprint density at radius 1 is 1.24 bits per heavy atom. The van der Waals surface area contributed by atoms with Crippen LogP contribution in [0.1, 0.15) is 62.3 Å². The predicted octanol–water partition coefficient (Wildman–Crippen LogP) is 3.19. The van der Waals surface area contributed by atoms with Gasteiger partial charge in [-0.15, -0.1) is 0 Å². The van der Waals surface area contributed by atoms with Crippen molar-refractivity contribution in [1.29, 1.82) is 0 Å². The molecule has 0 bridgehead atoms. The molecule has 1 aromatic carbocycles. The lowest BCUT2D eigenvalue weighted by Crippen LogP contribution is -2.46. The molecule has 0 aromatic heterocycles. The molecule has 3 aliphatic heterocycles. The number of aryl methyl sites for hydroxylation is 1. The Bertz CT molecular complexity index is 978. The van der Waals surface area contributed by atoms with Crippen molar-refractivity contribution < 1.29 is 23.2 Å². The number of alkyl halides is 2. The summed E-state index contributed by atoms with van der Waals surface area (Å²) in [7, 11) is 0. The molecule has 2 fully saturated rings. The molecule has 4 rings (SSSR count). The number of halogens is 2. The standard InChI is InChI=1S/C25H33F2N3O3/c1-14(2)5-17-6-15(3)7-19-11-29(12-20(17)19)22(31)9-18-8-21(28-23(18)32)24(33)30-13-25(26,27)10-16(30)4/h6-7,14,16,18,21H,5,8-13H2,1-4H3,(H,28,32)/t16-,18+,21+/m1/s1. The number of nitrogens with zero attached hydrogens (tertiary/aromatic N) is 2. The second-order valence-corrected chi connectivity index (χ2v) is 10.5. The summed E-state index contributed by atoms with van der Waals surface area (Å²) in [6.07, 6.45) is 0.772. The summed E-state index contributed by atoms with van der Waals surface area (Å²) in [4.78, 5) is 41.3. The quantitative estimate of drug-likeness (QED) is 0.732. The van der Waals surface area contributed by atoms with Gasteiger partial charge in [0.15, 0.2) is 0 Å². The number of hydrogen-bond acceptors (Lipinski definition) is 3. The van der Waals surface area contributed by atoms with Gasteiger partial charge >= 0.3 is 0 Å². The van der Waals surface area contributed by atoms with Crippen LogP contribution < -0.4 is 5.32 Å². The lowest BCUT2D eigenvalue weighted by atomic mass is 9.94. The van der Waals surface area contributed by atoms with Gasteiger partial charge in [0.05, 0.1) is 6.54 Å². The minimum atomic E-state index is -2.90. The van der Waals surface area contributed by atoms with Crippen LogP contribution >= 0.6 is 0 Å². The van der Waals surface area contributed by atoms with Crippen molar-refractivity contribution in [3.63, 3.8) is 0 Å². The summed E-state index contributed by atoms with van der Waals surface area (Å²) >= 11 is 0. The van der Waals surface area contributed by atoms with Gasteiger partial charge in [-0.3, -0.25) is 14.4 Å². The smallest absolute Gasteiger partial charge is 0.267 e. The topological polar surface area (TPSA) is 69.7 Å². The summed E-state index contributed by atoms with van der Waals surface area (Å²) in [5.74, 6) is -3.96. The molecule has 6 nitrogen and oxygen atoms in total. The molecule has 180 valence electrons. The fourth-order valence-electron chi connectivity index (χ4n) is 5.49. The van der Waals surface area contributed by atoms with Crippen molar-refractivity contribution in [2.24, 2.45) is 11.8 Å². The number of rotatable bonds is 5. The van der Waals surface area contributed by atoms with E-state index in [1.807, 2.05) is 0 Å². The summed E-state index contributed by atoms with van der Waals surface area (Å²) in [6.45, 7) is 8.45. The third-order valence-electron chi connectivity index (χ3n) is 7.01. The maximum absolute atomic E-state index is 13.7. The number of benzene rings is 1. The second-order valence-electron chi connectivity index (χ2n) is 10.5. The van der Waals surface area contributed by atoms with E-state index in [1.54, 1.807) is 11.8 Å². The normalized spacial score (nSPS) is 26.2. The van der Waals surface area contributed by atoms with E-state index in [4.69, 9.17) is 0 Å². The van der Waals surface area contributed by atoms with E-state index in [-0.39, 0.29) is 31.1 Å². The molecule has 3 heterocycles. The molecule has 3 aliphatic rings. The Morgan fingerprint density at radius 3 is 2.61 bits per heavy atom. The average molecular weight is 462 g/mol.